The fraction of sp³-hybridized carbons (Fsp3) is 0.684. The molecule has 2 aliphatic rings. The van der Waals surface area contributed by atoms with Gasteiger partial charge in [-0.1, -0.05) is 13.3 Å². The smallest absolute Gasteiger partial charge is 0.290 e. The number of sulfonamides is 1. The predicted octanol–water partition coefficient (Wildman–Crippen LogP) is 1.43. The van der Waals surface area contributed by atoms with E-state index in [0.717, 1.165) is 17.5 Å². The fourth-order valence-corrected chi connectivity index (χ4v) is 5.42. The normalized spacial score (nSPS) is 22.7. The van der Waals surface area contributed by atoms with Crippen LogP contribution in [0.25, 0.3) is 0 Å². The molecular weight excluding hydrogens is 382 g/mol. The van der Waals surface area contributed by atoms with Gasteiger partial charge in [-0.2, -0.15) is 0 Å². The van der Waals surface area contributed by atoms with Gasteiger partial charge in [-0.25, -0.2) is 13.1 Å². The minimum absolute atomic E-state index is 0.0252. The molecule has 2 saturated heterocycles. The number of amides is 2. The Morgan fingerprint density at radius 3 is 2.43 bits per heavy atom. The number of unbranched alkanes of at least 4 members (excludes halogenated alkanes) is 1. The molecule has 0 aliphatic carbocycles. The van der Waals surface area contributed by atoms with E-state index in [0.29, 0.717) is 31.7 Å². The minimum atomic E-state index is -3.47. The molecule has 8 nitrogen and oxygen atoms in total. The summed E-state index contributed by atoms with van der Waals surface area (Å²) in [6.45, 7) is 8.13. The average Bonchev–Trinajstić information content (AvgIpc) is 3.33. The molecule has 0 saturated carbocycles. The van der Waals surface area contributed by atoms with Crippen LogP contribution in [-0.4, -0.2) is 67.0 Å². The Bertz CT molecular complexity index is 863. The molecule has 28 heavy (non-hydrogen) atoms. The largest absolute Gasteiger partial charge is 0.459 e. The molecular formula is C19H29N3O5S. The van der Waals surface area contributed by atoms with Gasteiger partial charge in [-0.15, -0.1) is 0 Å². The van der Waals surface area contributed by atoms with Gasteiger partial charge in [0.2, 0.25) is 15.9 Å². The standard InChI is InChI=1S/C19H29N3O5S/c1-5-6-7-28(25,26)20-14(4)18(23)21-9-16-8-15(21)10-22(16)19(24)17-13(3)12(2)11-27-17/h11,14-16,20H,5-10H2,1-4H3/t14?,15-,16-/m0/s1. The van der Waals surface area contributed by atoms with Crippen LogP contribution in [0.2, 0.25) is 0 Å². The molecule has 1 N–H and O–H groups in total. The maximum Gasteiger partial charge on any atom is 0.290 e. The first-order valence-electron chi connectivity index (χ1n) is 9.80. The quantitative estimate of drug-likeness (QED) is 0.732. The molecule has 1 aromatic rings. The van der Waals surface area contributed by atoms with Crippen LogP contribution < -0.4 is 4.72 Å². The Morgan fingerprint density at radius 1 is 1.25 bits per heavy atom. The first kappa shape index (κ1) is 20.9. The van der Waals surface area contributed by atoms with Gasteiger partial charge in [-0.05, 0) is 39.2 Å². The molecule has 156 valence electrons. The third-order valence-electron chi connectivity index (χ3n) is 5.76. The van der Waals surface area contributed by atoms with E-state index >= 15 is 0 Å². The van der Waals surface area contributed by atoms with Crippen LogP contribution in [0.15, 0.2) is 10.7 Å². The predicted molar refractivity (Wildman–Crippen MR) is 104 cm³/mol. The van der Waals surface area contributed by atoms with Gasteiger partial charge in [0.05, 0.1) is 30.1 Å². The lowest BCUT2D eigenvalue weighted by Crippen LogP contribution is -2.55. The number of fused-ring (bicyclic) bond motifs is 2. The van der Waals surface area contributed by atoms with Crippen molar-refractivity contribution >= 4 is 21.8 Å². The summed E-state index contributed by atoms with van der Waals surface area (Å²) in [6.07, 6.45) is 3.63. The summed E-state index contributed by atoms with van der Waals surface area (Å²) < 4.78 is 32.0. The van der Waals surface area contributed by atoms with Crippen molar-refractivity contribution in [1.82, 2.24) is 14.5 Å². The second kappa shape index (κ2) is 7.87. The van der Waals surface area contributed by atoms with Crippen molar-refractivity contribution in [3.8, 4) is 0 Å². The summed E-state index contributed by atoms with van der Waals surface area (Å²) in [7, 11) is -3.47. The molecule has 2 amide bonds. The lowest BCUT2D eigenvalue weighted by molar-refractivity contribution is -0.134. The van der Waals surface area contributed by atoms with Crippen molar-refractivity contribution in [3.63, 3.8) is 0 Å². The molecule has 2 aliphatic heterocycles. The molecule has 3 heterocycles. The van der Waals surface area contributed by atoms with Crippen LogP contribution >= 0.6 is 0 Å². The van der Waals surface area contributed by atoms with Gasteiger partial charge >= 0.3 is 0 Å². The molecule has 0 spiro atoms. The zero-order chi connectivity index (χ0) is 20.6. The minimum Gasteiger partial charge on any atom is -0.459 e. The number of aryl methyl sites for hydroxylation is 1. The Labute approximate surface area is 166 Å². The van der Waals surface area contributed by atoms with Crippen molar-refractivity contribution < 1.29 is 22.4 Å². The Balaban J connectivity index is 1.61. The van der Waals surface area contributed by atoms with E-state index < -0.39 is 16.1 Å². The number of likely N-dealkylation sites (tertiary alicyclic amines) is 2. The van der Waals surface area contributed by atoms with E-state index in [2.05, 4.69) is 4.72 Å². The molecule has 9 heteroatoms. The third kappa shape index (κ3) is 3.96. The summed E-state index contributed by atoms with van der Waals surface area (Å²) >= 11 is 0. The molecule has 1 aromatic heterocycles. The number of nitrogens with one attached hydrogen (secondary N) is 1. The van der Waals surface area contributed by atoms with Gasteiger partial charge in [0.25, 0.3) is 5.91 Å². The molecule has 1 unspecified atom stereocenters. The van der Waals surface area contributed by atoms with E-state index in [9.17, 15) is 18.0 Å². The molecule has 3 atom stereocenters. The number of nitrogens with zero attached hydrogens (tertiary/aromatic N) is 2. The van der Waals surface area contributed by atoms with Crippen LogP contribution in [0.1, 0.15) is 54.8 Å². The number of hydrogen-bond donors (Lipinski definition) is 1. The van der Waals surface area contributed by atoms with E-state index in [4.69, 9.17) is 4.42 Å². The monoisotopic (exact) mass is 411 g/mol. The lowest BCUT2D eigenvalue weighted by Gasteiger charge is -2.35. The summed E-state index contributed by atoms with van der Waals surface area (Å²) in [4.78, 5) is 29.1. The fourth-order valence-electron chi connectivity index (χ4n) is 3.99. The highest BCUT2D eigenvalue weighted by Crippen LogP contribution is 2.33. The maximum absolute atomic E-state index is 12.8. The van der Waals surface area contributed by atoms with Gasteiger partial charge in [0.1, 0.15) is 0 Å². The molecule has 3 rings (SSSR count). The first-order chi connectivity index (χ1) is 13.1. The Hall–Kier alpha value is -1.87. The second-order valence-corrected chi connectivity index (χ2v) is 9.75. The van der Waals surface area contributed by atoms with Crippen LogP contribution in [-0.2, 0) is 14.8 Å². The summed E-state index contributed by atoms with van der Waals surface area (Å²) in [5.74, 6) is 0.0142. The van der Waals surface area contributed by atoms with Gasteiger partial charge in [0.15, 0.2) is 5.76 Å². The third-order valence-corrected chi connectivity index (χ3v) is 7.30. The average molecular weight is 412 g/mol. The van der Waals surface area contributed by atoms with Gasteiger partial charge in [0, 0.05) is 18.7 Å². The molecule has 2 bridgehead atoms. The topological polar surface area (TPSA) is 99.9 Å². The highest BCUT2D eigenvalue weighted by molar-refractivity contribution is 7.89. The van der Waals surface area contributed by atoms with Crippen LogP contribution in [0.4, 0.5) is 0 Å². The molecule has 0 radical (unpaired) electrons. The van der Waals surface area contributed by atoms with Crippen molar-refractivity contribution in [2.24, 2.45) is 0 Å². The number of rotatable bonds is 7. The zero-order valence-electron chi connectivity index (χ0n) is 16.9. The SMILES string of the molecule is CCCCS(=O)(=O)NC(C)C(=O)N1C[C@@H]2C[C@H]1CN2C(=O)c1occ(C)c1C. The number of carbonyl (C=O) groups is 2. The van der Waals surface area contributed by atoms with E-state index in [1.807, 2.05) is 20.8 Å². The van der Waals surface area contributed by atoms with Crippen molar-refractivity contribution in [1.29, 1.82) is 0 Å². The number of piperazine rings is 1. The van der Waals surface area contributed by atoms with E-state index in [-0.39, 0.29) is 29.7 Å². The second-order valence-electron chi connectivity index (χ2n) is 7.88. The summed E-state index contributed by atoms with van der Waals surface area (Å²) in [6, 6.07) is -0.948. The summed E-state index contributed by atoms with van der Waals surface area (Å²) in [5.41, 5.74) is 1.78. The van der Waals surface area contributed by atoms with Crippen molar-refractivity contribution in [3.05, 3.63) is 23.2 Å². The molecule has 0 aromatic carbocycles. The number of hydrogen-bond acceptors (Lipinski definition) is 5. The highest BCUT2D eigenvalue weighted by Gasteiger charge is 2.48. The lowest BCUT2D eigenvalue weighted by atomic mass is 10.1. The number of carbonyl (C=O) groups excluding carboxylic acids is 2. The van der Waals surface area contributed by atoms with E-state index in [1.165, 1.54) is 0 Å². The highest BCUT2D eigenvalue weighted by atomic mass is 32.2. The van der Waals surface area contributed by atoms with E-state index in [1.54, 1.807) is 23.0 Å². The van der Waals surface area contributed by atoms with Gasteiger partial charge in [-0.3, -0.25) is 9.59 Å². The van der Waals surface area contributed by atoms with Crippen LogP contribution in [0.3, 0.4) is 0 Å². The molecule has 2 fully saturated rings. The van der Waals surface area contributed by atoms with Crippen molar-refractivity contribution in [2.45, 2.75) is 65.1 Å². The Kier molecular flexibility index (Phi) is 5.86. The number of furan rings is 1. The first-order valence-corrected chi connectivity index (χ1v) is 11.5. The van der Waals surface area contributed by atoms with Crippen molar-refractivity contribution in [2.75, 3.05) is 18.8 Å². The zero-order valence-corrected chi connectivity index (χ0v) is 17.7. The maximum atomic E-state index is 12.8. The van der Waals surface area contributed by atoms with Crippen LogP contribution in [0, 0.1) is 13.8 Å². The van der Waals surface area contributed by atoms with Crippen LogP contribution in [0.5, 0.6) is 0 Å². The van der Waals surface area contributed by atoms with Gasteiger partial charge < -0.3 is 14.2 Å². The Morgan fingerprint density at radius 2 is 1.89 bits per heavy atom. The summed E-state index contributed by atoms with van der Waals surface area (Å²) in [5, 5.41) is 0.